The molecule has 0 radical (unpaired) electrons. The first-order valence-corrected chi connectivity index (χ1v) is 9.15. The molecule has 8 heteroatoms. The smallest absolute Gasteiger partial charge is 0.344 e. The molecule has 0 saturated heterocycles. The number of aromatic nitrogens is 1. The van der Waals surface area contributed by atoms with Crippen LogP contribution in [-0.4, -0.2) is 49.1 Å². The van der Waals surface area contributed by atoms with Gasteiger partial charge in [0.2, 0.25) is 5.78 Å². The fourth-order valence-electron chi connectivity index (χ4n) is 2.83. The SMILES string of the molecule is CCOc1ccc(OCC(=O)O[C@H](C)C(=O)c2[nH]c(C)c(C(=O)OC)c2C)cc1. The summed E-state index contributed by atoms with van der Waals surface area (Å²) in [6.45, 7) is 6.85. The number of carbonyl (C=O) groups excluding carboxylic acids is 3. The van der Waals surface area contributed by atoms with E-state index >= 15 is 0 Å². The molecule has 1 heterocycles. The van der Waals surface area contributed by atoms with Gasteiger partial charge in [-0.05, 0) is 57.5 Å². The van der Waals surface area contributed by atoms with Gasteiger partial charge in [0.25, 0.3) is 0 Å². The largest absolute Gasteiger partial charge is 0.494 e. The number of methoxy groups -OCH3 is 1. The zero-order chi connectivity index (χ0) is 21.6. The lowest BCUT2D eigenvalue weighted by molar-refractivity contribution is -0.148. The second-order valence-corrected chi connectivity index (χ2v) is 6.31. The molecule has 8 nitrogen and oxygen atoms in total. The van der Waals surface area contributed by atoms with Crippen molar-refractivity contribution in [2.45, 2.75) is 33.8 Å². The lowest BCUT2D eigenvalue weighted by Crippen LogP contribution is -2.28. The Balaban J connectivity index is 1.95. The number of carbonyl (C=O) groups is 3. The van der Waals surface area contributed by atoms with Gasteiger partial charge in [0, 0.05) is 5.69 Å². The zero-order valence-corrected chi connectivity index (χ0v) is 17.2. The van der Waals surface area contributed by atoms with Gasteiger partial charge in [-0.3, -0.25) is 4.79 Å². The normalized spacial score (nSPS) is 11.5. The minimum atomic E-state index is -1.05. The van der Waals surface area contributed by atoms with Gasteiger partial charge in [0.05, 0.1) is 25.0 Å². The molecule has 0 saturated carbocycles. The first kappa shape index (κ1) is 22.0. The van der Waals surface area contributed by atoms with Gasteiger partial charge < -0.3 is 23.9 Å². The third-order valence-electron chi connectivity index (χ3n) is 4.24. The first-order valence-electron chi connectivity index (χ1n) is 9.15. The fraction of sp³-hybridized carbons (Fsp3) is 0.381. The van der Waals surface area contributed by atoms with Crippen LogP contribution in [0.1, 0.15) is 46.0 Å². The number of benzene rings is 1. The van der Waals surface area contributed by atoms with Crippen LogP contribution in [0, 0.1) is 13.8 Å². The fourth-order valence-corrected chi connectivity index (χ4v) is 2.83. The van der Waals surface area contributed by atoms with Crippen molar-refractivity contribution in [1.29, 1.82) is 0 Å². The van der Waals surface area contributed by atoms with E-state index in [1.54, 1.807) is 38.1 Å². The molecule has 0 aliphatic heterocycles. The molecule has 156 valence electrons. The molecule has 0 aliphatic carbocycles. The summed E-state index contributed by atoms with van der Waals surface area (Å²) in [6, 6.07) is 6.80. The standard InChI is InChI=1S/C21H25NO7/c1-6-27-15-7-9-16(10-8-15)28-11-17(23)29-14(4)20(24)19-12(2)18(13(3)22-19)21(25)26-5/h7-10,14,22H,6,11H2,1-5H3/t14-/m1/s1. The van der Waals surface area contributed by atoms with Crippen molar-refractivity contribution in [2.24, 2.45) is 0 Å². The second-order valence-electron chi connectivity index (χ2n) is 6.31. The Bertz CT molecular complexity index is 883. The van der Waals surface area contributed by atoms with Crippen LogP contribution >= 0.6 is 0 Å². The average Bonchev–Trinajstić information content (AvgIpc) is 3.00. The van der Waals surface area contributed by atoms with E-state index in [0.29, 0.717) is 34.9 Å². The number of esters is 2. The molecule has 2 rings (SSSR count). The zero-order valence-electron chi connectivity index (χ0n) is 17.2. The molecule has 0 amide bonds. The highest BCUT2D eigenvalue weighted by atomic mass is 16.6. The minimum Gasteiger partial charge on any atom is -0.494 e. The summed E-state index contributed by atoms with van der Waals surface area (Å²) in [5.74, 6) is -0.500. The van der Waals surface area contributed by atoms with Crippen molar-refractivity contribution < 1.29 is 33.3 Å². The Morgan fingerprint density at radius 1 is 1.03 bits per heavy atom. The third-order valence-corrected chi connectivity index (χ3v) is 4.24. The summed E-state index contributed by atoms with van der Waals surface area (Å²) in [5, 5.41) is 0. The Kier molecular flexibility index (Phi) is 7.41. The summed E-state index contributed by atoms with van der Waals surface area (Å²) < 4.78 is 20.6. The molecule has 1 aromatic heterocycles. The van der Waals surface area contributed by atoms with Crippen LogP contribution in [0.25, 0.3) is 0 Å². The van der Waals surface area contributed by atoms with Gasteiger partial charge in [-0.1, -0.05) is 0 Å². The Morgan fingerprint density at radius 2 is 1.62 bits per heavy atom. The van der Waals surface area contributed by atoms with Gasteiger partial charge in [-0.2, -0.15) is 0 Å². The predicted octanol–water partition coefficient (Wildman–Crippen LogP) is 3.01. The van der Waals surface area contributed by atoms with E-state index in [-0.39, 0.29) is 12.3 Å². The number of rotatable bonds is 9. The van der Waals surface area contributed by atoms with Crippen LogP contribution in [0.2, 0.25) is 0 Å². The molecular weight excluding hydrogens is 378 g/mol. The van der Waals surface area contributed by atoms with Crippen molar-refractivity contribution in [3.8, 4) is 11.5 Å². The topological polar surface area (TPSA) is 104 Å². The van der Waals surface area contributed by atoms with Crippen LogP contribution in [0.15, 0.2) is 24.3 Å². The number of aromatic amines is 1. The maximum atomic E-state index is 12.6. The summed E-state index contributed by atoms with van der Waals surface area (Å²) in [5.41, 5.74) is 1.46. The van der Waals surface area contributed by atoms with Crippen LogP contribution in [-0.2, 0) is 14.3 Å². The highest BCUT2D eigenvalue weighted by Crippen LogP contribution is 2.21. The van der Waals surface area contributed by atoms with Gasteiger partial charge in [0.1, 0.15) is 11.5 Å². The third kappa shape index (κ3) is 5.37. The number of ketones is 1. The van der Waals surface area contributed by atoms with Crippen LogP contribution < -0.4 is 9.47 Å². The maximum absolute atomic E-state index is 12.6. The number of ether oxygens (including phenoxy) is 4. The lowest BCUT2D eigenvalue weighted by atomic mass is 10.1. The van der Waals surface area contributed by atoms with Crippen LogP contribution in [0.3, 0.4) is 0 Å². The summed E-state index contributed by atoms with van der Waals surface area (Å²) in [4.78, 5) is 39.4. The minimum absolute atomic E-state index is 0.204. The summed E-state index contributed by atoms with van der Waals surface area (Å²) in [6.07, 6.45) is -1.05. The number of nitrogens with one attached hydrogen (secondary N) is 1. The van der Waals surface area contributed by atoms with Gasteiger partial charge in [0.15, 0.2) is 12.7 Å². The maximum Gasteiger partial charge on any atom is 0.344 e. The molecule has 0 spiro atoms. The molecule has 1 atom stereocenters. The number of hydrogen-bond donors (Lipinski definition) is 1. The molecule has 0 aliphatic rings. The number of Topliss-reactive ketones (excluding diaryl/α,β-unsaturated/α-hetero) is 1. The van der Waals surface area contributed by atoms with E-state index in [1.165, 1.54) is 14.0 Å². The molecule has 1 aromatic carbocycles. The van der Waals surface area contributed by atoms with Gasteiger partial charge in [-0.15, -0.1) is 0 Å². The Hall–Kier alpha value is -3.29. The highest BCUT2D eigenvalue weighted by Gasteiger charge is 2.27. The van der Waals surface area contributed by atoms with Gasteiger partial charge >= 0.3 is 11.9 Å². The second kappa shape index (κ2) is 9.77. The highest BCUT2D eigenvalue weighted by molar-refractivity contribution is 6.03. The van der Waals surface area contributed by atoms with Crippen molar-refractivity contribution >= 4 is 17.7 Å². The molecule has 0 unspecified atom stereocenters. The number of H-pyrrole nitrogens is 1. The predicted molar refractivity (Wildman–Crippen MR) is 105 cm³/mol. The van der Waals surface area contributed by atoms with Crippen LogP contribution in [0.4, 0.5) is 0 Å². The van der Waals surface area contributed by atoms with E-state index < -0.39 is 23.8 Å². The molecule has 2 aromatic rings. The monoisotopic (exact) mass is 403 g/mol. The van der Waals surface area contributed by atoms with Crippen LogP contribution in [0.5, 0.6) is 11.5 Å². The van der Waals surface area contributed by atoms with Crippen molar-refractivity contribution in [1.82, 2.24) is 4.98 Å². The quantitative estimate of drug-likeness (QED) is 0.507. The molecule has 1 N–H and O–H groups in total. The Labute approximate surface area is 169 Å². The van der Waals surface area contributed by atoms with E-state index in [2.05, 4.69) is 4.98 Å². The van der Waals surface area contributed by atoms with E-state index in [9.17, 15) is 14.4 Å². The number of aryl methyl sites for hydroxylation is 1. The van der Waals surface area contributed by atoms with E-state index in [4.69, 9.17) is 18.9 Å². The molecule has 0 bridgehead atoms. The van der Waals surface area contributed by atoms with Gasteiger partial charge in [-0.25, -0.2) is 9.59 Å². The molecule has 0 fully saturated rings. The summed E-state index contributed by atoms with van der Waals surface area (Å²) >= 11 is 0. The molecule has 29 heavy (non-hydrogen) atoms. The Morgan fingerprint density at radius 3 is 2.17 bits per heavy atom. The molecular formula is C21H25NO7. The first-order chi connectivity index (χ1) is 13.8. The van der Waals surface area contributed by atoms with Crippen molar-refractivity contribution in [2.75, 3.05) is 20.3 Å². The van der Waals surface area contributed by atoms with E-state index in [1.807, 2.05) is 6.92 Å². The van der Waals surface area contributed by atoms with Crippen molar-refractivity contribution in [3.63, 3.8) is 0 Å². The van der Waals surface area contributed by atoms with E-state index in [0.717, 1.165) is 0 Å². The summed E-state index contributed by atoms with van der Waals surface area (Å²) in [7, 11) is 1.27. The van der Waals surface area contributed by atoms with Crippen molar-refractivity contribution in [3.05, 3.63) is 46.8 Å². The average molecular weight is 403 g/mol. The number of hydrogen-bond acceptors (Lipinski definition) is 7. The lowest BCUT2D eigenvalue weighted by Gasteiger charge is -2.13.